The number of halogens is 1. The number of rotatable bonds is 5. The van der Waals surface area contributed by atoms with E-state index in [0.717, 1.165) is 0 Å². The van der Waals surface area contributed by atoms with E-state index in [4.69, 9.17) is 5.73 Å². The number of hydrogen-bond donors (Lipinski definition) is 2. The molecule has 0 spiro atoms. The highest BCUT2D eigenvalue weighted by Gasteiger charge is 2.20. The van der Waals surface area contributed by atoms with Crippen LogP contribution in [0.1, 0.15) is 18.1 Å². The van der Waals surface area contributed by atoms with Gasteiger partial charge in [0.1, 0.15) is 5.82 Å². The Labute approximate surface area is 122 Å². The Balaban J connectivity index is 2.41. The van der Waals surface area contributed by atoms with Crippen LogP contribution in [-0.2, 0) is 23.1 Å². The van der Waals surface area contributed by atoms with E-state index in [1.54, 1.807) is 10.9 Å². The number of aryl methyl sites for hydroxylation is 1. The number of sulfonamides is 1. The molecule has 8 heteroatoms. The normalized spacial score (nSPS) is 11.6. The molecule has 0 radical (unpaired) electrons. The molecule has 0 aliphatic rings. The second-order valence-electron chi connectivity index (χ2n) is 4.60. The molecule has 2 aromatic rings. The van der Waals surface area contributed by atoms with Gasteiger partial charge in [-0.25, -0.2) is 12.8 Å². The summed E-state index contributed by atoms with van der Waals surface area (Å²) < 4.78 is 42.5. The third-order valence-corrected chi connectivity index (χ3v) is 4.60. The number of benzene rings is 1. The molecule has 0 saturated carbocycles. The first-order chi connectivity index (χ1) is 9.87. The molecule has 21 heavy (non-hydrogen) atoms. The molecule has 2 rings (SSSR count). The van der Waals surface area contributed by atoms with Crippen molar-refractivity contribution < 1.29 is 12.8 Å². The first kappa shape index (κ1) is 15.5. The molecule has 0 bridgehead atoms. The van der Waals surface area contributed by atoms with Gasteiger partial charge in [-0.1, -0.05) is 0 Å². The van der Waals surface area contributed by atoms with E-state index in [9.17, 15) is 12.8 Å². The first-order valence-corrected chi connectivity index (χ1v) is 7.90. The van der Waals surface area contributed by atoms with E-state index in [2.05, 4.69) is 9.82 Å². The highest BCUT2D eigenvalue weighted by molar-refractivity contribution is 7.92. The molecule has 114 valence electrons. The van der Waals surface area contributed by atoms with Gasteiger partial charge in [0, 0.05) is 24.8 Å². The number of anilines is 1. The lowest BCUT2D eigenvalue weighted by Crippen LogP contribution is -2.15. The van der Waals surface area contributed by atoms with Gasteiger partial charge in [0.25, 0.3) is 10.0 Å². The molecule has 0 fully saturated rings. The van der Waals surface area contributed by atoms with Crippen LogP contribution in [0.3, 0.4) is 0 Å². The van der Waals surface area contributed by atoms with E-state index >= 15 is 0 Å². The molecule has 1 heterocycles. The third kappa shape index (κ3) is 3.22. The lowest BCUT2D eigenvalue weighted by atomic mass is 10.1. The van der Waals surface area contributed by atoms with Crippen molar-refractivity contribution >= 4 is 15.7 Å². The molecule has 0 aliphatic heterocycles. The lowest BCUT2D eigenvalue weighted by molar-refractivity contribution is 0.589. The van der Waals surface area contributed by atoms with Gasteiger partial charge < -0.3 is 5.73 Å². The van der Waals surface area contributed by atoms with Gasteiger partial charge in [-0.15, -0.1) is 0 Å². The van der Waals surface area contributed by atoms with Gasteiger partial charge in [-0.05, 0) is 31.5 Å². The molecule has 6 nitrogen and oxygen atoms in total. The van der Waals surface area contributed by atoms with Crippen LogP contribution in [0, 0.1) is 12.7 Å². The molecule has 0 saturated heterocycles. The molecule has 0 aliphatic carbocycles. The molecule has 0 unspecified atom stereocenters. The van der Waals surface area contributed by atoms with Crippen molar-refractivity contribution in [3.8, 4) is 0 Å². The maximum Gasteiger partial charge on any atom is 0.262 e. The summed E-state index contributed by atoms with van der Waals surface area (Å²) in [5, 5.41) is 3.98. The molecule has 1 aromatic heterocycles. The van der Waals surface area contributed by atoms with Crippen LogP contribution in [0.15, 0.2) is 29.4 Å². The van der Waals surface area contributed by atoms with Crippen molar-refractivity contribution in [2.75, 3.05) is 4.72 Å². The highest BCUT2D eigenvalue weighted by atomic mass is 32.2. The summed E-state index contributed by atoms with van der Waals surface area (Å²) >= 11 is 0. The lowest BCUT2D eigenvalue weighted by Gasteiger charge is -2.11. The summed E-state index contributed by atoms with van der Waals surface area (Å²) in [5.74, 6) is -0.595. The zero-order valence-electron chi connectivity index (χ0n) is 11.8. The maximum absolute atomic E-state index is 13.8. The summed E-state index contributed by atoms with van der Waals surface area (Å²) in [4.78, 5) is -0.118. The van der Waals surface area contributed by atoms with E-state index < -0.39 is 15.8 Å². The number of aromatic nitrogens is 2. The number of nitrogens with two attached hydrogens (primary N) is 1. The highest BCUT2D eigenvalue weighted by Crippen LogP contribution is 2.23. The maximum atomic E-state index is 13.8. The van der Waals surface area contributed by atoms with Crippen LogP contribution in [-0.4, -0.2) is 18.2 Å². The minimum Gasteiger partial charge on any atom is -0.326 e. The fourth-order valence-corrected chi connectivity index (χ4v) is 3.24. The van der Waals surface area contributed by atoms with E-state index in [1.807, 2.05) is 6.92 Å². The second-order valence-corrected chi connectivity index (χ2v) is 6.25. The topological polar surface area (TPSA) is 90.0 Å². The molecular weight excluding hydrogens is 295 g/mol. The molecule has 1 aromatic carbocycles. The van der Waals surface area contributed by atoms with Crippen molar-refractivity contribution in [3.63, 3.8) is 0 Å². The first-order valence-electron chi connectivity index (χ1n) is 6.41. The number of nitrogens with zero attached hydrogens (tertiary/aromatic N) is 2. The van der Waals surface area contributed by atoms with Crippen molar-refractivity contribution in [1.82, 2.24) is 9.78 Å². The quantitative estimate of drug-likeness (QED) is 0.877. The van der Waals surface area contributed by atoms with Crippen LogP contribution in [0.25, 0.3) is 0 Å². The van der Waals surface area contributed by atoms with Gasteiger partial charge in [0.15, 0.2) is 0 Å². The van der Waals surface area contributed by atoms with E-state index in [-0.39, 0.29) is 17.0 Å². The minimum absolute atomic E-state index is 0.0579. The Morgan fingerprint density at radius 1 is 1.43 bits per heavy atom. The van der Waals surface area contributed by atoms with Crippen LogP contribution in [0.5, 0.6) is 0 Å². The average molecular weight is 312 g/mol. The Bertz CT molecular complexity index is 756. The SMILES string of the molecule is CCn1cc(NS(=O)(=O)c2cc(CN)cc(F)c2C)cn1. The van der Waals surface area contributed by atoms with Crippen LogP contribution in [0.4, 0.5) is 10.1 Å². The van der Waals surface area contributed by atoms with Crippen LogP contribution in [0.2, 0.25) is 0 Å². The summed E-state index contributed by atoms with van der Waals surface area (Å²) in [6, 6.07) is 2.62. The smallest absolute Gasteiger partial charge is 0.262 e. The standard InChI is InChI=1S/C13H17FN4O2S/c1-3-18-8-11(7-16-18)17-21(19,20)13-5-10(6-15)4-12(14)9(13)2/h4-5,7-8,17H,3,6,15H2,1-2H3. The predicted molar refractivity (Wildman–Crippen MR) is 77.7 cm³/mol. The van der Waals surface area contributed by atoms with Crippen molar-refractivity contribution in [2.45, 2.75) is 31.8 Å². The Morgan fingerprint density at radius 2 is 2.14 bits per heavy atom. The molecule has 0 atom stereocenters. The van der Waals surface area contributed by atoms with E-state index in [0.29, 0.717) is 17.8 Å². The Kier molecular flexibility index (Phi) is 4.29. The van der Waals surface area contributed by atoms with Gasteiger partial charge in [-0.3, -0.25) is 9.40 Å². The zero-order chi connectivity index (χ0) is 15.6. The number of nitrogens with one attached hydrogen (secondary N) is 1. The van der Waals surface area contributed by atoms with Gasteiger partial charge in [-0.2, -0.15) is 5.10 Å². The van der Waals surface area contributed by atoms with Crippen LogP contribution >= 0.6 is 0 Å². The van der Waals surface area contributed by atoms with Gasteiger partial charge in [0.05, 0.1) is 16.8 Å². The fraction of sp³-hybridized carbons (Fsp3) is 0.308. The predicted octanol–water partition coefficient (Wildman–Crippen LogP) is 1.61. The fourth-order valence-electron chi connectivity index (χ4n) is 1.90. The monoisotopic (exact) mass is 312 g/mol. The summed E-state index contributed by atoms with van der Waals surface area (Å²) in [7, 11) is -3.89. The zero-order valence-corrected chi connectivity index (χ0v) is 12.6. The third-order valence-electron chi connectivity index (χ3n) is 3.09. The Morgan fingerprint density at radius 3 is 2.71 bits per heavy atom. The van der Waals surface area contributed by atoms with Crippen molar-refractivity contribution in [2.24, 2.45) is 5.73 Å². The van der Waals surface area contributed by atoms with Crippen molar-refractivity contribution in [1.29, 1.82) is 0 Å². The van der Waals surface area contributed by atoms with Crippen LogP contribution < -0.4 is 10.5 Å². The average Bonchev–Trinajstić information content (AvgIpc) is 2.88. The number of hydrogen-bond acceptors (Lipinski definition) is 4. The Hall–Kier alpha value is -1.93. The largest absolute Gasteiger partial charge is 0.326 e. The molecular formula is C13H17FN4O2S. The molecule has 0 amide bonds. The van der Waals surface area contributed by atoms with E-state index in [1.165, 1.54) is 25.3 Å². The summed E-state index contributed by atoms with van der Waals surface area (Å²) in [5.41, 5.74) is 6.27. The summed E-state index contributed by atoms with van der Waals surface area (Å²) in [6.07, 6.45) is 2.97. The van der Waals surface area contributed by atoms with Gasteiger partial charge in [0.2, 0.25) is 0 Å². The minimum atomic E-state index is -3.89. The van der Waals surface area contributed by atoms with Crippen molar-refractivity contribution in [3.05, 3.63) is 41.5 Å². The summed E-state index contributed by atoms with van der Waals surface area (Å²) in [6.45, 7) is 3.99. The second kappa shape index (κ2) is 5.82. The molecule has 3 N–H and O–H groups in total. The van der Waals surface area contributed by atoms with Gasteiger partial charge >= 0.3 is 0 Å².